The number of hydrogen-bond donors (Lipinski definition) is 1. The summed E-state index contributed by atoms with van der Waals surface area (Å²) in [7, 11) is 0. The molecule has 1 N–H and O–H groups in total. The van der Waals surface area contributed by atoms with Gasteiger partial charge < -0.3 is 5.11 Å². The molecule has 1 aromatic carbocycles. The van der Waals surface area contributed by atoms with Gasteiger partial charge in [-0.25, -0.2) is 0 Å². The molecule has 0 saturated heterocycles. The van der Waals surface area contributed by atoms with Gasteiger partial charge in [-0.15, -0.1) is 0 Å². The molecular weight excluding hydrogens is 160 g/mol. The molecule has 2 heteroatoms. The molecule has 0 amide bonds. The van der Waals surface area contributed by atoms with Crippen molar-refractivity contribution in [3.63, 3.8) is 0 Å². The molecule has 0 aliphatic carbocycles. The highest BCUT2D eigenvalue weighted by atomic mass is 35.5. The smallest absolute Gasteiger partial charge is 0.0441 e. The van der Waals surface area contributed by atoms with Gasteiger partial charge in [-0.2, -0.15) is 0 Å². The van der Waals surface area contributed by atoms with Gasteiger partial charge in [0.25, 0.3) is 0 Å². The van der Waals surface area contributed by atoms with E-state index in [2.05, 4.69) is 0 Å². The lowest BCUT2D eigenvalue weighted by Gasteiger charge is -2.00. The first-order chi connectivity index (χ1) is 5.34. The predicted octanol–water partition coefficient (Wildman–Crippen LogP) is 2.27. The van der Waals surface area contributed by atoms with Crippen LogP contribution in [0.1, 0.15) is 12.0 Å². The van der Waals surface area contributed by atoms with Crippen LogP contribution < -0.4 is 0 Å². The van der Waals surface area contributed by atoms with Crippen molar-refractivity contribution in [3.05, 3.63) is 41.3 Å². The molecule has 0 heterocycles. The zero-order chi connectivity index (χ0) is 8.10. The lowest BCUT2D eigenvalue weighted by Crippen LogP contribution is -1.86. The summed E-state index contributed by atoms with van der Waals surface area (Å²) in [6, 6.07) is 7.58. The van der Waals surface area contributed by atoms with Gasteiger partial charge in [0.05, 0.1) is 0 Å². The first-order valence-corrected chi connectivity index (χ1v) is 3.91. The lowest BCUT2D eigenvalue weighted by atomic mass is 10.1. The Morgan fingerprint density at radius 3 is 2.73 bits per heavy atom. The molecule has 0 bridgehead atoms. The Bertz CT molecular complexity index is 223. The Morgan fingerprint density at radius 1 is 1.36 bits per heavy atom. The van der Waals surface area contributed by atoms with Crippen molar-refractivity contribution in [2.24, 2.45) is 0 Å². The maximum atomic E-state index is 8.54. The first kappa shape index (κ1) is 8.57. The number of halogens is 1. The van der Waals surface area contributed by atoms with Crippen LogP contribution in [0.25, 0.3) is 0 Å². The van der Waals surface area contributed by atoms with Crippen LogP contribution in [0.2, 0.25) is 5.02 Å². The molecule has 1 radical (unpaired) electrons. The van der Waals surface area contributed by atoms with E-state index in [-0.39, 0.29) is 6.61 Å². The van der Waals surface area contributed by atoms with Crippen LogP contribution in [0, 0.1) is 6.42 Å². The van der Waals surface area contributed by atoms with Crippen molar-refractivity contribution >= 4 is 11.6 Å². The van der Waals surface area contributed by atoms with Crippen LogP contribution >= 0.6 is 11.6 Å². The average molecular weight is 170 g/mol. The molecule has 11 heavy (non-hydrogen) atoms. The van der Waals surface area contributed by atoms with Crippen molar-refractivity contribution in [1.29, 1.82) is 0 Å². The van der Waals surface area contributed by atoms with Crippen molar-refractivity contribution in [3.8, 4) is 0 Å². The van der Waals surface area contributed by atoms with E-state index in [1.165, 1.54) is 0 Å². The number of aliphatic hydroxyl groups is 1. The second-order valence-electron chi connectivity index (χ2n) is 2.24. The Balaban J connectivity index is 2.62. The fraction of sp³-hybridized carbons (Fsp3) is 0.222. The maximum Gasteiger partial charge on any atom is 0.0441 e. The summed E-state index contributed by atoms with van der Waals surface area (Å²) in [4.78, 5) is 0. The van der Waals surface area contributed by atoms with Crippen molar-refractivity contribution in [2.45, 2.75) is 6.42 Å². The monoisotopic (exact) mass is 169 g/mol. The summed E-state index contributed by atoms with van der Waals surface area (Å²) in [6.07, 6.45) is 2.58. The third kappa shape index (κ3) is 2.52. The molecule has 1 nitrogen and oxygen atoms in total. The van der Waals surface area contributed by atoms with Crippen LogP contribution in [0.5, 0.6) is 0 Å². The van der Waals surface area contributed by atoms with E-state index in [0.717, 1.165) is 10.6 Å². The second-order valence-corrected chi connectivity index (χ2v) is 2.65. The number of benzene rings is 1. The van der Waals surface area contributed by atoms with Gasteiger partial charge in [0.2, 0.25) is 0 Å². The van der Waals surface area contributed by atoms with Gasteiger partial charge >= 0.3 is 0 Å². The standard InChI is InChI=1S/C9H10ClO/c10-9-6-2-1-4-8(9)5-3-7-11/h1-2,4-6,11H,3,7H2. The molecule has 0 saturated carbocycles. The SMILES string of the molecule is OCC[CH]c1ccccc1Cl. The molecule has 1 rings (SSSR count). The molecule has 0 fully saturated rings. The zero-order valence-electron chi connectivity index (χ0n) is 6.13. The largest absolute Gasteiger partial charge is 0.396 e. The van der Waals surface area contributed by atoms with E-state index in [9.17, 15) is 0 Å². The molecule has 0 aliphatic rings. The number of hydrogen-bond acceptors (Lipinski definition) is 1. The van der Waals surface area contributed by atoms with Crippen LogP contribution in [-0.4, -0.2) is 11.7 Å². The van der Waals surface area contributed by atoms with E-state index in [1.54, 1.807) is 0 Å². The maximum absolute atomic E-state index is 8.54. The minimum Gasteiger partial charge on any atom is -0.396 e. The van der Waals surface area contributed by atoms with Gasteiger partial charge in [0.15, 0.2) is 0 Å². The normalized spacial score (nSPS) is 10.0. The van der Waals surface area contributed by atoms with Gasteiger partial charge in [0, 0.05) is 11.6 Å². The van der Waals surface area contributed by atoms with Crippen LogP contribution in [0.4, 0.5) is 0 Å². The molecule has 59 valence electrons. The quantitative estimate of drug-likeness (QED) is 0.736. The summed E-state index contributed by atoms with van der Waals surface area (Å²) < 4.78 is 0. The Labute approximate surface area is 71.6 Å². The van der Waals surface area contributed by atoms with E-state index < -0.39 is 0 Å². The van der Waals surface area contributed by atoms with Gasteiger partial charge in [-0.1, -0.05) is 29.8 Å². The molecule has 0 aliphatic heterocycles. The Hall–Kier alpha value is -0.530. The van der Waals surface area contributed by atoms with E-state index >= 15 is 0 Å². The molecule has 0 aromatic heterocycles. The van der Waals surface area contributed by atoms with E-state index in [1.807, 2.05) is 30.7 Å². The highest BCUT2D eigenvalue weighted by molar-refractivity contribution is 6.31. The van der Waals surface area contributed by atoms with Gasteiger partial charge in [0.1, 0.15) is 0 Å². The van der Waals surface area contributed by atoms with Crippen molar-refractivity contribution in [2.75, 3.05) is 6.61 Å². The van der Waals surface area contributed by atoms with E-state index in [0.29, 0.717) is 6.42 Å². The molecule has 0 unspecified atom stereocenters. The van der Waals surface area contributed by atoms with Gasteiger partial charge in [-0.3, -0.25) is 0 Å². The Kier molecular flexibility index (Phi) is 3.40. The zero-order valence-corrected chi connectivity index (χ0v) is 6.88. The molecule has 1 aromatic rings. The fourth-order valence-electron chi connectivity index (χ4n) is 0.861. The molecule has 0 atom stereocenters. The van der Waals surface area contributed by atoms with Crippen LogP contribution in [-0.2, 0) is 0 Å². The minimum atomic E-state index is 0.172. The van der Waals surface area contributed by atoms with E-state index in [4.69, 9.17) is 16.7 Å². The van der Waals surface area contributed by atoms with Crippen LogP contribution in [0.3, 0.4) is 0 Å². The average Bonchev–Trinajstić information content (AvgIpc) is 2.03. The third-order valence-corrected chi connectivity index (χ3v) is 1.74. The minimum absolute atomic E-state index is 0.172. The highest BCUT2D eigenvalue weighted by Gasteiger charge is 1.96. The third-order valence-electron chi connectivity index (χ3n) is 1.40. The molecule has 0 spiro atoms. The summed E-state index contributed by atoms with van der Waals surface area (Å²) in [5.74, 6) is 0. The summed E-state index contributed by atoms with van der Waals surface area (Å²) in [5.41, 5.74) is 0.989. The molecular formula is C9H10ClO. The Morgan fingerprint density at radius 2 is 2.09 bits per heavy atom. The van der Waals surface area contributed by atoms with Gasteiger partial charge in [-0.05, 0) is 24.5 Å². The van der Waals surface area contributed by atoms with Crippen molar-refractivity contribution < 1.29 is 5.11 Å². The topological polar surface area (TPSA) is 20.2 Å². The number of rotatable bonds is 3. The number of aliphatic hydroxyl groups excluding tert-OH is 1. The fourth-order valence-corrected chi connectivity index (χ4v) is 1.07. The van der Waals surface area contributed by atoms with Crippen LogP contribution in [0.15, 0.2) is 24.3 Å². The lowest BCUT2D eigenvalue weighted by molar-refractivity contribution is 0.299. The van der Waals surface area contributed by atoms with Crippen molar-refractivity contribution in [1.82, 2.24) is 0 Å². The summed E-state index contributed by atoms with van der Waals surface area (Å²) in [5, 5.41) is 9.28. The second kappa shape index (κ2) is 4.37. The summed E-state index contributed by atoms with van der Waals surface area (Å²) in [6.45, 7) is 0.172. The highest BCUT2D eigenvalue weighted by Crippen LogP contribution is 2.17. The first-order valence-electron chi connectivity index (χ1n) is 3.53. The summed E-state index contributed by atoms with van der Waals surface area (Å²) >= 11 is 5.85. The predicted molar refractivity (Wildman–Crippen MR) is 46.6 cm³/mol.